The van der Waals surface area contributed by atoms with E-state index in [2.05, 4.69) is 10.6 Å². The van der Waals surface area contributed by atoms with Crippen LogP contribution in [0.5, 0.6) is 5.75 Å². The van der Waals surface area contributed by atoms with Gasteiger partial charge < -0.3 is 20.8 Å². The second-order valence-corrected chi connectivity index (χ2v) is 8.16. The van der Waals surface area contributed by atoms with Gasteiger partial charge in [0.25, 0.3) is 5.91 Å². The molecular formula is C23H19FN2O5S. The number of aromatic carboxylic acids is 1. The lowest BCUT2D eigenvalue weighted by atomic mass is 10.2. The summed E-state index contributed by atoms with van der Waals surface area (Å²) in [4.78, 5) is 36.6. The number of anilines is 2. The number of thioether (sulfide) groups is 1. The second-order valence-electron chi connectivity index (χ2n) is 6.75. The standard InChI is InChI=1S/C23H19FN2O5S/c1-13(21(28)25-15-9-10-20(27)18(12-15)23(30)31)32-16-6-4-5-14(11-16)26-22(29)17-7-2-3-8-19(17)24/h2-13,27H,1H3,(H,25,28)(H,26,29)(H,30,31). The summed E-state index contributed by atoms with van der Waals surface area (Å²) in [5.41, 5.74) is 0.290. The third kappa shape index (κ3) is 5.64. The lowest BCUT2D eigenvalue weighted by molar-refractivity contribution is -0.115. The third-order valence-electron chi connectivity index (χ3n) is 4.39. The molecule has 0 spiro atoms. The van der Waals surface area contributed by atoms with Crippen LogP contribution in [-0.2, 0) is 4.79 Å². The van der Waals surface area contributed by atoms with Gasteiger partial charge in [-0.1, -0.05) is 18.2 Å². The number of rotatable bonds is 7. The van der Waals surface area contributed by atoms with Crippen LogP contribution in [0, 0.1) is 5.82 Å². The van der Waals surface area contributed by atoms with Crippen LogP contribution in [0.4, 0.5) is 15.8 Å². The van der Waals surface area contributed by atoms with Crippen molar-refractivity contribution in [1.82, 2.24) is 0 Å². The molecule has 4 N–H and O–H groups in total. The fraction of sp³-hybridized carbons (Fsp3) is 0.0870. The van der Waals surface area contributed by atoms with Crippen molar-refractivity contribution in [2.75, 3.05) is 10.6 Å². The number of halogens is 1. The van der Waals surface area contributed by atoms with Crippen LogP contribution in [0.2, 0.25) is 0 Å². The summed E-state index contributed by atoms with van der Waals surface area (Å²) >= 11 is 1.22. The molecule has 32 heavy (non-hydrogen) atoms. The highest BCUT2D eigenvalue weighted by Crippen LogP contribution is 2.28. The highest BCUT2D eigenvalue weighted by atomic mass is 32.2. The maximum Gasteiger partial charge on any atom is 0.339 e. The molecule has 0 saturated heterocycles. The highest BCUT2D eigenvalue weighted by molar-refractivity contribution is 8.00. The minimum absolute atomic E-state index is 0.0760. The second kappa shape index (κ2) is 9.97. The van der Waals surface area contributed by atoms with Gasteiger partial charge in [0.2, 0.25) is 5.91 Å². The molecule has 0 aromatic heterocycles. The van der Waals surface area contributed by atoms with E-state index >= 15 is 0 Å². The molecule has 164 valence electrons. The van der Waals surface area contributed by atoms with Gasteiger partial charge in [0.05, 0.1) is 10.8 Å². The van der Waals surface area contributed by atoms with E-state index in [0.717, 1.165) is 0 Å². The molecule has 3 aromatic carbocycles. The third-order valence-corrected chi connectivity index (χ3v) is 5.48. The first-order chi connectivity index (χ1) is 15.2. The minimum Gasteiger partial charge on any atom is -0.507 e. The fourth-order valence-electron chi connectivity index (χ4n) is 2.78. The predicted molar refractivity (Wildman–Crippen MR) is 120 cm³/mol. The Balaban J connectivity index is 1.65. The number of amides is 2. The molecule has 0 radical (unpaired) electrons. The van der Waals surface area contributed by atoms with Crippen molar-refractivity contribution < 1.29 is 29.0 Å². The Morgan fingerprint density at radius 2 is 1.62 bits per heavy atom. The number of carboxylic acids is 1. The molecule has 7 nitrogen and oxygen atoms in total. The van der Waals surface area contributed by atoms with E-state index in [4.69, 9.17) is 5.11 Å². The first kappa shape index (κ1) is 22.8. The van der Waals surface area contributed by atoms with Crippen LogP contribution >= 0.6 is 11.8 Å². The Bertz CT molecular complexity index is 1180. The molecule has 9 heteroatoms. The largest absolute Gasteiger partial charge is 0.507 e. The Morgan fingerprint density at radius 1 is 0.906 bits per heavy atom. The summed E-state index contributed by atoms with van der Waals surface area (Å²) in [7, 11) is 0. The average molecular weight is 454 g/mol. The van der Waals surface area contributed by atoms with Crippen molar-refractivity contribution in [3.05, 3.63) is 83.7 Å². The number of hydrogen-bond acceptors (Lipinski definition) is 5. The molecular weight excluding hydrogens is 435 g/mol. The summed E-state index contributed by atoms with van der Waals surface area (Å²) in [5.74, 6) is -3.29. The molecule has 0 bridgehead atoms. The Hall–Kier alpha value is -3.85. The molecule has 1 atom stereocenters. The van der Waals surface area contributed by atoms with Crippen molar-refractivity contribution in [3.63, 3.8) is 0 Å². The highest BCUT2D eigenvalue weighted by Gasteiger charge is 2.17. The number of nitrogens with one attached hydrogen (secondary N) is 2. The molecule has 3 rings (SSSR count). The van der Waals surface area contributed by atoms with Gasteiger partial charge in [0.15, 0.2) is 0 Å². The molecule has 0 aliphatic carbocycles. The summed E-state index contributed by atoms with van der Waals surface area (Å²) in [6.45, 7) is 1.67. The van der Waals surface area contributed by atoms with Gasteiger partial charge in [-0.05, 0) is 55.5 Å². The van der Waals surface area contributed by atoms with Crippen molar-refractivity contribution in [1.29, 1.82) is 0 Å². The van der Waals surface area contributed by atoms with Crippen LogP contribution in [0.1, 0.15) is 27.6 Å². The van der Waals surface area contributed by atoms with E-state index in [1.165, 1.54) is 48.2 Å². The quantitative estimate of drug-likeness (QED) is 0.306. The molecule has 0 fully saturated rings. The van der Waals surface area contributed by atoms with Gasteiger partial charge in [-0.25, -0.2) is 9.18 Å². The summed E-state index contributed by atoms with van der Waals surface area (Å²) in [6, 6.07) is 16.2. The van der Waals surface area contributed by atoms with Gasteiger partial charge in [-0.3, -0.25) is 9.59 Å². The van der Waals surface area contributed by atoms with E-state index in [1.54, 1.807) is 37.3 Å². The maximum absolute atomic E-state index is 13.8. The normalized spacial score (nSPS) is 11.4. The molecule has 0 aliphatic heterocycles. The smallest absolute Gasteiger partial charge is 0.339 e. The van der Waals surface area contributed by atoms with E-state index in [-0.39, 0.29) is 22.7 Å². The fourth-order valence-corrected chi connectivity index (χ4v) is 3.70. The topological polar surface area (TPSA) is 116 Å². The minimum atomic E-state index is -1.31. The van der Waals surface area contributed by atoms with Gasteiger partial charge >= 0.3 is 5.97 Å². The monoisotopic (exact) mass is 454 g/mol. The average Bonchev–Trinajstić information content (AvgIpc) is 2.75. The summed E-state index contributed by atoms with van der Waals surface area (Å²) in [6.07, 6.45) is 0. The first-order valence-electron chi connectivity index (χ1n) is 9.44. The van der Waals surface area contributed by atoms with Gasteiger partial charge in [0, 0.05) is 16.3 Å². The zero-order chi connectivity index (χ0) is 23.3. The van der Waals surface area contributed by atoms with Crippen molar-refractivity contribution in [3.8, 4) is 5.75 Å². The van der Waals surface area contributed by atoms with Crippen molar-refractivity contribution in [2.24, 2.45) is 0 Å². The molecule has 3 aromatic rings. The van der Waals surface area contributed by atoms with Crippen LogP contribution < -0.4 is 10.6 Å². The number of phenols is 1. The lowest BCUT2D eigenvalue weighted by Crippen LogP contribution is -2.22. The van der Waals surface area contributed by atoms with Gasteiger partial charge in [-0.15, -0.1) is 11.8 Å². The van der Waals surface area contributed by atoms with Gasteiger partial charge in [0.1, 0.15) is 17.1 Å². The molecule has 0 aliphatic rings. The number of aromatic hydroxyl groups is 1. The van der Waals surface area contributed by atoms with E-state index < -0.39 is 28.7 Å². The van der Waals surface area contributed by atoms with Crippen LogP contribution in [-0.4, -0.2) is 33.2 Å². The summed E-state index contributed by atoms with van der Waals surface area (Å²) in [5, 5.41) is 23.3. The number of carbonyl (C=O) groups excluding carboxylic acids is 2. The number of carbonyl (C=O) groups is 3. The molecule has 1 unspecified atom stereocenters. The number of carboxylic acid groups (broad SMARTS) is 1. The zero-order valence-corrected chi connectivity index (χ0v) is 17.7. The predicted octanol–water partition coefficient (Wildman–Crippen LogP) is 4.60. The van der Waals surface area contributed by atoms with Crippen molar-refractivity contribution >= 4 is 40.9 Å². The summed E-state index contributed by atoms with van der Waals surface area (Å²) < 4.78 is 13.8. The molecule has 2 amide bonds. The molecule has 0 heterocycles. The Labute approximate surface area is 187 Å². The number of benzene rings is 3. The van der Waals surface area contributed by atoms with Crippen LogP contribution in [0.25, 0.3) is 0 Å². The van der Waals surface area contributed by atoms with Gasteiger partial charge in [-0.2, -0.15) is 0 Å². The SMILES string of the molecule is CC(Sc1cccc(NC(=O)c2ccccc2F)c1)C(=O)Nc1ccc(O)c(C(=O)O)c1. The maximum atomic E-state index is 13.8. The molecule has 0 saturated carbocycles. The van der Waals surface area contributed by atoms with E-state index in [0.29, 0.717) is 10.6 Å². The van der Waals surface area contributed by atoms with E-state index in [1.807, 2.05) is 0 Å². The number of hydrogen-bond donors (Lipinski definition) is 4. The van der Waals surface area contributed by atoms with Crippen molar-refractivity contribution in [2.45, 2.75) is 17.1 Å². The van der Waals surface area contributed by atoms with Crippen LogP contribution in [0.3, 0.4) is 0 Å². The van der Waals surface area contributed by atoms with E-state index in [9.17, 15) is 23.9 Å². The Morgan fingerprint density at radius 3 is 2.34 bits per heavy atom. The zero-order valence-electron chi connectivity index (χ0n) is 16.8. The Kier molecular flexibility index (Phi) is 7.11. The van der Waals surface area contributed by atoms with Crippen LogP contribution in [0.15, 0.2) is 71.6 Å². The lowest BCUT2D eigenvalue weighted by Gasteiger charge is -2.14. The first-order valence-corrected chi connectivity index (χ1v) is 10.3.